The summed E-state index contributed by atoms with van der Waals surface area (Å²) in [4.78, 5) is 0. The van der Waals surface area contributed by atoms with Crippen LogP contribution < -0.4 is 5.32 Å². The second kappa shape index (κ2) is 6.24. The van der Waals surface area contributed by atoms with E-state index in [2.05, 4.69) is 15.5 Å². The maximum atomic E-state index is 5.64. The van der Waals surface area contributed by atoms with E-state index in [0.717, 1.165) is 48.9 Å². The molecular formula is C15H21N3O2. The van der Waals surface area contributed by atoms with Crippen LogP contribution in [0.25, 0.3) is 11.5 Å². The van der Waals surface area contributed by atoms with Crippen molar-refractivity contribution in [3.05, 3.63) is 29.7 Å². The molecule has 5 nitrogen and oxygen atoms in total. The van der Waals surface area contributed by atoms with Crippen molar-refractivity contribution in [1.29, 1.82) is 0 Å². The highest BCUT2D eigenvalue weighted by molar-refractivity contribution is 5.56. The predicted molar refractivity (Wildman–Crippen MR) is 76.3 cm³/mol. The van der Waals surface area contributed by atoms with Gasteiger partial charge in [0.25, 0.3) is 0 Å². The lowest BCUT2D eigenvalue weighted by molar-refractivity contribution is 0.104. The zero-order chi connectivity index (χ0) is 13.8. The van der Waals surface area contributed by atoms with Gasteiger partial charge in [-0.15, -0.1) is 0 Å². The third-order valence-corrected chi connectivity index (χ3v) is 3.69. The zero-order valence-corrected chi connectivity index (χ0v) is 11.8. The van der Waals surface area contributed by atoms with Crippen LogP contribution in [0.4, 0.5) is 0 Å². The molecule has 1 saturated heterocycles. The predicted octanol–water partition coefficient (Wildman–Crippen LogP) is 2.64. The number of aromatic amines is 1. The molecule has 1 fully saturated rings. The standard InChI is InChI=1S/C15H21N3O2/c1-11-4-5-14(20-11)15-12(10-17-18-15)9-16-7-6-13-3-2-8-19-13/h4-5,10,13,16H,2-3,6-9H2,1H3,(H,17,18). The van der Waals surface area contributed by atoms with Crippen molar-refractivity contribution in [2.45, 2.75) is 38.8 Å². The molecule has 108 valence electrons. The summed E-state index contributed by atoms with van der Waals surface area (Å²) in [7, 11) is 0. The van der Waals surface area contributed by atoms with Gasteiger partial charge in [-0.1, -0.05) is 0 Å². The quantitative estimate of drug-likeness (QED) is 0.796. The highest BCUT2D eigenvalue weighted by Crippen LogP contribution is 2.23. The molecule has 2 aromatic heterocycles. The van der Waals surface area contributed by atoms with Crippen LogP contribution in [0.2, 0.25) is 0 Å². The minimum atomic E-state index is 0.444. The van der Waals surface area contributed by atoms with E-state index in [0.29, 0.717) is 6.10 Å². The molecule has 0 amide bonds. The maximum absolute atomic E-state index is 5.64. The van der Waals surface area contributed by atoms with Crippen LogP contribution in [0.3, 0.4) is 0 Å². The Kier molecular flexibility index (Phi) is 4.18. The number of furan rings is 1. The van der Waals surface area contributed by atoms with Gasteiger partial charge in [-0.25, -0.2) is 0 Å². The van der Waals surface area contributed by atoms with Crippen LogP contribution >= 0.6 is 0 Å². The molecule has 0 saturated carbocycles. The Morgan fingerprint density at radius 2 is 2.40 bits per heavy atom. The average Bonchev–Trinajstić information content (AvgIpc) is 3.16. The van der Waals surface area contributed by atoms with E-state index < -0.39 is 0 Å². The van der Waals surface area contributed by atoms with Crippen LogP contribution in [0.15, 0.2) is 22.7 Å². The molecule has 1 unspecified atom stereocenters. The van der Waals surface area contributed by atoms with Crippen molar-refractivity contribution in [2.75, 3.05) is 13.2 Å². The van der Waals surface area contributed by atoms with Crippen molar-refractivity contribution in [1.82, 2.24) is 15.5 Å². The van der Waals surface area contributed by atoms with Gasteiger partial charge in [0.05, 0.1) is 12.3 Å². The van der Waals surface area contributed by atoms with Crippen LogP contribution in [-0.2, 0) is 11.3 Å². The van der Waals surface area contributed by atoms with Gasteiger partial charge < -0.3 is 14.5 Å². The molecule has 1 atom stereocenters. The van der Waals surface area contributed by atoms with Crippen LogP contribution in [0, 0.1) is 6.92 Å². The summed E-state index contributed by atoms with van der Waals surface area (Å²) in [5, 5.41) is 10.6. The van der Waals surface area contributed by atoms with Gasteiger partial charge in [-0.2, -0.15) is 5.10 Å². The Labute approximate surface area is 118 Å². The smallest absolute Gasteiger partial charge is 0.152 e. The third kappa shape index (κ3) is 3.11. The van der Waals surface area contributed by atoms with E-state index in [9.17, 15) is 0 Å². The molecule has 20 heavy (non-hydrogen) atoms. The number of nitrogens with zero attached hydrogens (tertiary/aromatic N) is 1. The Balaban J connectivity index is 1.51. The van der Waals surface area contributed by atoms with E-state index in [1.807, 2.05) is 25.3 Å². The van der Waals surface area contributed by atoms with Gasteiger partial charge in [0.1, 0.15) is 11.5 Å². The van der Waals surface area contributed by atoms with E-state index in [4.69, 9.17) is 9.15 Å². The summed E-state index contributed by atoms with van der Waals surface area (Å²) in [5.74, 6) is 1.75. The summed E-state index contributed by atoms with van der Waals surface area (Å²) >= 11 is 0. The van der Waals surface area contributed by atoms with E-state index in [1.165, 1.54) is 12.8 Å². The minimum absolute atomic E-state index is 0.444. The summed E-state index contributed by atoms with van der Waals surface area (Å²) in [6.45, 7) is 4.62. The highest BCUT2D eigenvalue weighted by atomic mass is 16.5. The number of hydrogen-bond acceptors (Lipinski definition) is 4. The van der Waals surface area contributed by atoms with Gasteiger partial charge in [-0.3, -0.25) is 5.10 Å². The number of ether oxygens (including phenoxy) is 1. The lowest BCUT2D eigenvalue weighted by Crippen LogP contribution is -2.19. The number of rotatable bonds is 6. The molecule has 2 aromatic rings. The molecule has 0 aromatic carbocycles. The minimum Gasteiger partial charge on any atom is -0.460 e. The van der Waals surface area contributed by atoms with Crippen LogP contribution in [0.5, 0.6) is 0 Å². The largest absolute Gasteiger partial charge is 0.460 e. The molecule has 3 heterocycles. The van der Waals surface area contributed by atoms with Crippen molar-refractivity contribution in [3.63, 3.8) is 0 Å². The number of nitrogens with one attached hydrogen (secondary N) is 2. The van der Waals surface area contributed by atoms with Crippen molar-refractivity contribution in [2.24, 2.45) is 0 Å². The van der Waals surface area contributed by atoms with Gasteiger partial charge in [0.15, 0.2) is 5.76 Å². The van der Waals surface area contributed by atoms with Crippen LogP contribution in [0.1, 0.15) is 30.6 Å². The summed E-state index contributed by atoms with van der Waals surface area (Å²) in [6, 6.07) is 3.93. The summed E-state index contributed by atoms with van der Waals surface area (Å²) in [6.07, 6.45) is 5.77. The Hall–Kier alpha value is -1.59. The Morgan fingerprint density at radius 1 is 1.45 bits per heavy atom. The van der Waals surface area contributed by atoms with Gasteiger partial charge in [-0.05, 0) is 44.9 Å². The lowest BCUT2D eigenvalue weighted by atomic mass is 10.1. The molecule has 0 spiro atoms. The lowest BCUT2D eigenvalue weighted by Gasteiger charge is -2.09. The van der Waals surface area contributed by atoms with Crippen LogP contribution in [-0.4, -0.2) is 29.5 Å². The zero-order valence-electron chi connectivity index (χ0n) is 11.8. The molecule has 2 N–H and O–H groups in total. The monoisotopic (exact) mass is 275 g/mol. The maximum Gasteiger partial charge on any atom is 0.152 e. The SMILES string of the molecule is Cc1ccc(-c2[nH]ncc2CNCCC2CCCO2)o1. The van der Waals surface area contributed by atoms with Crippen molar-refractivity contribution >= 4 is 0 Å². The second-order valence-electron chi connectivity index (χ2n) is 5.28. The molecule has 3 rings (SSSR count). The first-order valence-electron chi connectivity index (χ1n) is 7.24. The fraction of sp³-hybridized carbons (Fsp3) is 0.533. The number of aryl methyl sites for hydroxylation is 1. The van der Waals surface area contributed by atoms with Gasteiger partial charge in [0, 0.05) is 18.7 Å². The normalized spacial score (nSPS) is 18.8. The Bertz CT molecular complexity index is 541. The molecular weight excluding hydrogens is 254 g/mol. The summed E-state index contributed by atoms with van der Waals surface area (Å²) in [5.41, 5.74) is 2.09. The van der Waals surface area contributed by atoms with E-state index >= 15 is 0 Å². The molecule has 5 heteroatoms. The summed E-state index contributed by atoms with van der Waals surface area (Å²) < 4.78 is 11.2. The fourth-order valence-electron chi connectivity index (χ4n) is 2.59. The first-order chi connectivity index (χ1) is 9.83. The highest BCUT2D eigenvalue weighted by Gasteiger charge is 2.15. The third-order valence-electron chi connectivity index (χ3n) is 3.69. The Morgan fingerprint density at radius 3 is 3.15 bits per heavy atom. The second-order valence-corrected chi connectivity index (χ2v) is 5.28. The topological polar surface area (TPSA) is 63.1 Å². The van der Waals surface area contributed by atoms with Gasteiger partial charge >= 0.3 is 0 Å². The number of H-pyrrole nitrogens is 1. The van der Waals surface area contributed by atoms with E-state index in [-0.39, 0.29) is 0 Å². The average molecular weight is 275 g/mol. The van der Waals surface area contributed by atoms with Crippen molar-refractivity contribution in [3.8, 4) is 11.5 Å². The number of aromatic nitrogens is 2. The fourth-order valence-corrected chi connectivity index (χ4v) is 2.59. The molecule has 1 aliphatic heterocycles. The molecule has 0 aliphatic carbocycles. The number of hydrogen-bond donors (Lipinski definition) is 2. The molecule has 0 bridgehead atoms. The molecule has 1 aliphatic rings. The van der Waals surface area contributed by atoms with E-state index in [1.54, 1.807) is 0 Å². The van der Waals surface area contributed by atoms with Crippen molar-refractivity contribution < 1.29 is 9.15 Å². The first-order valence-corrected chi connectivity index (χ1v) is 7.24. The first kappa shape index (κ1) is 13.4. The van der Waals surface area contributed by atoms with Gasteiger partial charge in [0.2, 0.25) is 0 Å². The molecule has 0 radical (unpaired) electrons.